The van der Waals surface area contributed by atoms with Gasteiger partial charge in [0.1, 0.15) is 28.9 Å². The zero-order valence-corrected chi connectivity index (χ0v) is 23.8. The van der Waals surface area contributed by atoms with Crippen LogP contribution in [0.1, 0.15) is 44.7 Å². The van der Waals surface area contributed by atoms with Crippen LogP contribution in [0.5, 0.6) is 23.0 Å². The maximum atomic E-state index is 12.1. The lowest BCUT2D eigenvalue weighted by molar-refractivity contribution is -0.385. The fourth-order valence-corrected chi connectivity index (χ4v) is 3.84. The summed E-state index contributed by atoms with van der Waals surface area (Å²) in [5, 5.41) is 48.4. The van der Waals surface area contributed by atoms with Crippen molar-refractivity contribution >= 4 is 17.5 Å². The predicted molar refractivity (Wildman–Crippen MR) is 146 cm³/mol. The van der Waals surface area contributed by atoms with Gasteiger partial charge in [-0.25, -0.2) is 4.79 Å². The first-order valence-electron chi connectivity index (χ1n) is 12.6. The third kappa shape index (κ3) is 8.85. The average molecular weight is 586 g/mol. The van der Waals surface area contributed by atoms with Gasteiger partial charge in [-0.15, -0.1) is 0 Å². The number of benzene rings is 2. The first-order chi connectivity index (χ1) is 19.7. The fourth-order valence-electron chi connectivity index (χ4n) is 3.84. The molecule has 1 N–H and O–H groups in total. The number of nitro groups is 2. The van der Waals surface area contributed by atoms with Crippen LogP contribution in [0.25, 0.3) is 0 Å². The van der Waals surface area contributed by atoms with Crippen molar-refractivity contribution in [3.8, 4) is 35.1 Å². The minimum atomic E-state index is -0.738. The highest BCUT2D eigenvalue weighted by molar-refractivity contribution is 5.68. The molecular weight excluding hydrogens is 554 g/mol. The van der Waals surface area contributed by atoms with E-state index in [-0.39, 0.29) is 51.8 Å². The molecule has 2 aromatic rings. The molecule has 1 saturated heterocycles. The highest BCUT2D eigenvalue weighted by Gasteiger charge is 2.28. The molecule has 2 aromatic carbocycles. The van der Waals surface area contributed by atoms with Crippen LogP contribution < -0.4 is 14.2 Å². The number of hydrogen-bond donors (Lipinski definition) is 1. The number of ether oxygens (including phenoxy) is 4. The summed E-state index contributed by atoms with van der Waals surface area (Å²) in [6.07, 6.45) is 1.15. The van der Waals surface area contributed by atoms with E-state index in [4.69, 9.17) is 29.5 Å². The highest BCUT2D eigenvalue weighted by atomic mass is 16.6. The summed E-state index contributed by atoms with van der Waals surface area (Å²) in [5.41, 5.74) is -1.52. The molecule has 0 atom stereocenters. The molecule has 0 radical (unpaired) electrons. The Labute approximate surface area is 241 Å². The first kappa shape index (κ1) is 32.9. The molecule has 0 aromatic heterocycles. The quantitative estimate of drug-likeness (QED) is 0.346. The topological polar surface area (TPSA) is 211 Å². The second-order valence-corrected chi connectivity index (χ2v) is 10.0. The molecular formula is C27H31N5O10. The number of likely N-dealkylation sites (tertiary alicyclic amines) is 1. The van der Waals surface area contributed by atoms with E-state index in [9.17, 15) is 30.1 Å². The van der Waals surface area contributed by atoms with Crippen LogP contribution in [0.15, 0.2) is 24.3 Å². The van der Waals surface area contributed by atoms with Gasteiger partial charge in [-0.05, 0) is 39.5 Å². The van der Waals surface area contributed by atoms with E-state index in [1.807, 2.05) is 20.8 Å². The number of piperidine rings is 1. The number of carbonyl (C=O) groups excluding carboxylic acids is 1. The van der Waals surface area contributed by atoms with Crippen molar-refractivity contribution in [1.29, 1.82) is 10.5 Å². The molecule has 0 saturated carbocycles. The van der Waals surface area contributed by atoms with E-state index in [2.05, 4.69) is 0 Å². The number of phenols is 1. The van der Waals surface area contributed by atoms with Gasteiger partial charge >= 0.3 is 6.09 Å². The van der Waals surface area contributed by atoms with Crippen molar-refractivity contribution in [3.05, 3.63) is 55.6 Å². The Balaban J connectivity index is 0.000000369. The normalized spacial score (nSPS) is 13.0. The summed E-state index contributed by atoms with van der Waals surface area (Å²) < 4.78 is 21.0. The minimum Gasteiger partial charge on any atom is -0.504 e. The van der Waals surface area contributed by atoms with Crippen LogP contribution in [-0.2, 0) is 4.74 Å². The number of rotatable bonds is 7. The van der Waals surface area contributed by atoms with E-state index in [1.165, 1.54) is 26.4 Å². The van der Waals surface area contributed by atoms with Gasteiger partial charge in [0.25, 0.3) is 11.4 Å². The summed E-state index contributed by atoms with van der Waals surface area (Å²) in [7, 11) is 2.70. The predicted octanol–water partition coefficient (Wildman–Crippen LogP) is 4.68. The number of amides is 1. The Morgan fingerprint density at radius 3 is 1.90 bits per heavy atom. The molecule has 0 aliphatic carbocycles. The van der Waals surface area contributed by atoms with Gasteiger partial charge in [-0.3, -0.25) is 20.2 Å². The molecule has 0 bridgehead atoms. The number of nitro benzene ring substituents is 2. The molecule has 224 valence electrons. The summed E-state index contributed by atoms with van der Waals surface area (Å²) in [6.45, 7) is 6.95. The van der Waals surface area contributed by atoms with Crippen molar-refractivity contribution in [2.45, 2.75) is 39.2 Å². The number of hydrogen-bond acceptors (Lipinski definition) is 12. The van der Waals surface area contributed by atoms with Gasteiger partial charge in [-0.1, -0.05) is 0 Å². The maximum absolute atomic E-state index is 12.1. The number of nitrogens with zero attached hydrogens (tertiary/aromatic N) is 5. The number of phenolic OH excluding ortho intramolecular Hbond substituents is 1. The molecule has 1 fully saturated rings. The molecule has 1 heterocycles. The van der Waals surface area contributed by atoms with Crippen LogP contribution in [-0.4, -0.2) is 65.5 Å². The van der Waals surface area contributed by atoms with Gasteiger partial charge in [-0.2, -0.15) is 10.5 Å². The van der Waals surface area contributed by atoms with E-state index in [1.54, 1.807) is 17.0 Å². The van der Waals surface area contributed by atoms with Crippen LogP contribution >= 0.6 is 0 Å². The Morgan fingerprint density at radius 2 is 1.45 bits per heavy atom. The molecule has 3 rings (SSSR count). The molecule has 1 aliphatic heterocycles. The highest BCUT2D eigenvalue weighted by Crippen LogP contribution is 2.35. The summed E-state index contributed by atoms with van der Waals surface area (Å²) in [5.74, 6) is 0.361. The second kappa shape index (κ2) is 14.4. The largest absolute Gasteiger partial charge is 0.504 e. The van der Waals surface area contributed by atoms with E-state index >= 15 is 0 Å². The van der Waals surface area contributed by atoms with Crippen LogP contribution in [0.3, 0.4) is 0 Å². The molecule has 15 nitrogen and oxygen atoms in total. The van der Waals surface area contributed by atoms with E-state index in [0.717, 1.165) is 25.0 Å². The van der Waals surface area contributed by atoms with Gasteiger partial charge in [0.2, 0.25) is 0 Å². The second-order valence-electron chi connectivity index (χ2n) is 10.0. The Bertz CT molecular complexity index is 1400. The lowest BCUT2D eigenvalue weighted by Gasteiger charge is -2.33. The molecule has 42 heavy (non-hydrogen) atoms. The van der Waals surface area contributed by atoms with Crippen LogP contribution in [0.4, 0.5) is 16.2 Å². The molecule has 0 unspecified atom stereocenters. The SMILES string of the molecule is COc1cc(C#N)c([N+](=O)[O-])cc1O.COc1cc(C#N)c([N+](=O)[O-])cc1OCC1CCN(C(=O)OC(C)(C)C)CC1. The molecule has 0 spiro atoms. The Morgan fingerprint density at radius 1 is 0.952 bits per heavy atom. The monoisotopic (exact) mass is 585 g/mol. The third-order valence-electron chi connectivity index (χ3n) is 5.95. The Kier molecular flexibility index (Phi) is 11.2. The van der Waals surface area contributed by atoms with E-state index in [0.29, 0.717) is 19.7 Å². The fraction of sp³-hybridized carbons (Fsp3) is 0.444. The number of aromatic hydroxyl groups is 1. The number of nitriles is 2. The summed E-state index contributed by atoms with van der Waals surface area (Å²) in [6, 6.07) is 7.96. The Hall–Kier alpha value is -5.31. The zero-order chi connectivity index (χ0) is 31.6. The molecule has 15 heteroatoms. The lowest BCUT2D eigenvalue weighted by atomic mass is 9.98. The van der Waals surface area contributed by atoms with Gasteiger partial charge in [0.15, 0.2) is 23.0 Å². The molecule has 1 aliphatic rings. The van der Waals surface area contributed by atoms with Crippen molar-refractivity contribution < 1.29 is 38.7 Å². The van der Waals surface area contributed by atoms with Gasteiger partial charge in [0.05, 0.1) is 42.8 Å². The van der Waals surface area contributed by atoms with E-state index < -0.39 is 21.1 Å². The minimum absolute atomic E-state index is 0.0344. The maximum Gasteiger partial charge on any atom is 0.410 e. The smallest absolute Gasteiger partial charge is 0.410 e. The number of carbonyl (C=O) groups is 1. The first-order valence-corrected chi connectivity index (χ1v) is 12.6. The average Bonchev–Trinajstić information content (AvgIpc) is 2.94. The van der Waals surface area contributed by atoms with Gasteiger partial charge in [0, 0.05) is 25.2 Å². The van der Waals surface area contributed by atoms with Crippen molar-refractivity contribution in [3.63, 3.8) is 0 Å². The van der Waals surface area contributed by atoms with Crippen molar-refractivity contribution in [2.24, 2.45) is 5.92 Å². The van der Waals surface area contributed by atoms with Crippen LogP contribution in [0.2, 0.25) is 0 Å². The third-order valence-corrected chi connectivity index (χ3v) is 5.95. The van der Waals surface area contributed by atoms with Crippen LogP contribution in [0, 0.1) is 48.8 Å². The molecule has 1 amide bonds. The van der Waals surface area contributed by atoms with Gasteiger partial charge < -0.3 is 29.0 Å². The summed E-state index contributed by atoms with van der Waals surface area (Å²) in [4.78, 5) is 34.0. The van der Waals surface area contributed by atoms with Crippen molar-refractivity contribution in [1.82, 2.24) is 4.90 Å². The standard InChI is InChI=1S/C19H25N3O6.C8H6N2O4/c1-19(2,3)28-18(23)21-7-5-13(6-8-21)12-27-17-10-15(22(24)25)14(11-20)9-16(17)26-4;1-14-8-2-5(4-9)6(10(12)13)3-7(8)11/h9-10,13H,5-8,12H2,1-4H3;2-3,11H,1H3. The number of methoxy groups -OCH3 is 2. The summed E-state index contributed by atoms with van der Waals surface area (Å²) >= 11 is 0. The lowest BCUT2D eigenvalue weighted by Crippen LogP contribution is -2.42. The van der Waals surface area contributed by atoms with Crippen molar-refractivity contribution in [2.75, 3.05) is 33.9 Å². The zero-order valence-electron chi connectivity index (χ0n) is 23.8.